The molecular weight excluding hydrogens is 218 g/mol. The normalized spacial score (nSPS) is 19.6. The van der Waals surface area contributed by atoms with Crippen LogP contribution in [-0.2, 0) is 4.74 Å². The van der Waals surface area contributed by atoms with Gasteiger partial charge in [0, 0.05) is 26.1 Å². The summed E-state index contributed by atoms with van der Waals surface area (Å²) in [5.41, 5.74) is 5.99. The SMILES string of the molecule is COC[C@H]1CCN(C(=O)c2cccc(N)n2)C1. The molecule has 1 amide bonds. The molecule has 0 unspecified atom stereocenters. The molecule has 17 heavy (non-hydrogen) atoms. The molecule has 1 atom stereocenters. The van der Waals surface area contributed by atoms with Crippen LogP contribution in [0.2, 0.25) is 0 Å². The largest absolute Gasteiger partial charge is 0.384 e. The van der Waals surface area contributed by atoms with E-state index in [1.54, 1.807) is 25.3 Å². The molecule has 0 bridgehead atoms. The zero-order valence-electron chi connectivity index (χ0n) is 9.93. The van der Waals surface area contributed by atoms with E-state index in [2.05, 4.69) is 4.98 Å². The van der Waals surface area contributed by atoms with Crippen molar-refractivity contribution in [3.8, 4) is 0 Å². The molecule has 5 nitrogen and oxygen atoms in total. The van der Waals surface area contributed by atoms with E-state index in [0.29, 0.717) is 24.0 Å². The molecule has 1 fully saturated rings. The molecule has 1 aromatic rings. The van der Waals surface area contributed by atoms with Crippen molar-refractivity contribution in [2.24, 2.45) is 5.92 Å². The van der Waals surface area contributed by atoms with Crippen LogP contribution in [0.5, 0.6) is 0 Å². The standard InChI is InChI=1S/C12H17N3O2/c1-17-8-9-5-6-15(7-9)12(16)10-3-2-4-11(13)14-10/h2-4,9H,5-8H2,1H3,(H2,13,14)/t9-/m0/s1. The van der Waals surface area contributed by atoms with E-state index < -0.39 is 0 Å². The van der Waals surface area contributed by atoms with Crippen molar-refractivity contribution in [3.05, 3.63) is 23.9 Å². The van der Waals surface area contributed by atoms with Crippen LogP contribution in [0.4, 0.5) is 5.82 Å². The molecule has 5 heteroatoms. The molecule has 0 saturated carbocycles. The number of carbonyl (C=O) groups excluding carboxylic acids is 1. The van der Waals surface area contributed by atoms with Gasteiger partial charge in [-0.15, -0.1) is 0 Å². The van der Waals surface area contributed by atoms with Crippen LogP contribution < -0.4 is 5.73 Å². The fourth-order valence-electron chi connectivity index (χ4n) is 2.12. The summed E-state index contributed by atoms with van der Waals surface area (Å²) in [6, 6.07) is 5.12. The fourth-order valence-corrected chi connectivity index (χ4v) is 2.12. The Bertz CT molecular complexity index is 408. The number of pyridine rings is 1. The van der Waals surface area contributed by atoms with Crippen molar-refractivity contribution in [2.75, 3.05) is 32.5 Å². The number of aromatic nitrogens is 1. The number of nitrogen functional groups attached to an aromatic ring is 1. The van der Waals surface area contributed by atoms with Crippen LogP contribution in [0.15, 0.2) is 18.2 Å². The van der Waals surface area contributed by atoms with E-state index in [1.165, 1.54) is 0 Å². The predicted molar refractivity (Wildman–Crippen MR) is 64.5 cm³/mol. The average Bonchev–Trinajstić information content (AvgIpc) is 2.77. The second-order valence-electron chi connectivity index (χ2n) is 4.31. The first kappa shape index (κ1) is 11.9. The van der Waals surface area contributed by atoms with Gasteiger partial charge in [-0.1, -0.05) is 6.07 Å². The summed E-state index contributed by atoms with van der Waals surface area (Å²) in [7, 11) is 1.68. The van der Waals surface area contributed by atoms with Crippen LogP contribution in [0, 0.1) is 5.92 Å². The molecule has 1 aromatic heterocycles. The van der Waals surface area contributed by atoms with E-state index >= 15 is 0 Å². The number of nitrogens with two attached hydrogens (primary N) is 1. The lowest BCUT2D eigenvalue weighted by Gasteiger charge is -2.15. The number of nitrogens with zero attached hydrogens (tertiary/aromatic N) is 2. The van der Waals surface area contributed by atoms with Gasteiger partial charge < -0.3 is 15.4 Å². The minimum atomic E-state index is -0.0455. The third-order valence-corrected chi connectivity index (χ3v) is 2.97. The van der Waals surface area contributed by atoms with Crippen molar-refractivity contribution in [3.63, 3.8) is 0 Å². The number of rotatable bonds is 3. The summed E-state index contributed by atoms with van der Waals surface area (Å²) in [6.45, 7) is 2.21. The Balaban J connectivity index is 2.02. The number of ether oxygens (including phenoxy) is 1. The highest BCUT2D eigenvalue weighted by Gasteiger charge is 2.27. The maximum Gasteiger partial charge on any atom is 0.272 e. The molecule has 1 aliphatic heterocycles. The number of amides is 1. The molecule has 1 saturated heterocycles. The molecule has 2 rings (SSSR count). The van der Waals surface area contributed by atoms with Gasteiger partial charge in [-0.05, 0) is 18.6 Å². The molecule has 1 aliphatic rings. The van der Waals surface area contributed by atoms with E-state index in [1.807, 2.05) is 4.90 Å². The van der Waals surface area contributed by atoms with Crippen molar-refractivity contribution >= 4 is 11.7 Å². The number of carbonyl (C=O) groups is 1. The first-order valence-corrected chi connectivity index (χ1v) is 5.71. The number of likely N-dealkylation sites (tertiary alicyclic amines) is 1. The highest BCUT2D eigenvalue weighted by Crippen LogP contribution is 2.18. The molecule has 92 valence electrons. The number of methoxy groups -OCH3 is 1. The fraction of sp³-hybridized carbons (Fsp3) is 0.500. The summed E-state index contributed by atoms with van der Waals surface area (Å²) in [5, 5.41) is 0. The zero-order valence-corrected chi connectivity index (χ0v) is 9.93. The van der Waals surface area contributed by atoms with Crippen LogP contribution in [-0.4, -0.2) is 42.6 Å². The van der Waals surface area contributed by atoms with Crippen LogP contribution in [0.3, 0.4) is 0 Å². The lowest BCUT2D eigenvalue weighted by atomic mass is 10.1. The quantitative estimate of drug-likeness (QED) is 0.840. The Morgan fingerprint density at radius 1 is 1.65 bits per heavy atom. The molecule has 2 heterocycles. The third kappa shape index (κ3) is 2.74. The lowest BCUT2D eigenvalue weighted by molar-refractivity contribution is 0.0770. The van der Waals surface area contributed by atoms with E-state index in [0.717, 1.165) is 19.5 Å². The summed E-state index contributed by atoms with van der Waals surface area (Å²) >= 11 is 0. The van der Waals surface area contributed by atoms with Gasteiger partial charge in [-0.25, -0.2) is 4.98 Å². The summed E-state index contributed by atoms with van der Waals surface area (Å²) < 4.78 is 5.11. The minimum absolute atomic E-state index is 0.0455. The maximum atomic E-state index is 12.1. The highest BCUT2D eigenvalue weighted by molar-refractivity contribution is 5.92. The van der Waals surface area contributed by atoms with Gasteiger partial charge in [0.05, 0.1) is 6.61 Å². The Hall–Kier alpha value is -1.62. The van der Waals surface area contributed by atoms with Gasteiger partial charge in [0.1, 0.15) is 11.5 Å². The second-order valence-corrected chi connectivity index (χ2v) is 4.31. The summed E-state index contributed by atoms with van der Waals surface area (Å²) in [6.07, 6.45) is 0.988. The zero-order chi connectivity index (χ0) is 12.3. The molecule has 2 N–H and O–H groups in total. The minimum Gasteiger partial charge on any atom is -0.384 e. The Labute approximate surface area is 101 Å². The predicted octanol–water partition coefficient (Wildman–Crippen LogP) is 0.772. The molecule has 0 spiro atoms. The van der Waals surface area contributed by atoms with E-state index in [4.69, 9.17) is 10.5 Å². The smallest absolute Gasteiger partial charge is 0.272 e. The van der Waals surface area contributed by atoms with Gasteiger partial charge in [0.2, 0.25) is 0 Å². The van der Waals surface area contributed by atoms with E-state index in [-0.39, 0.29) is 5.91 Å². The average molecular weight is 235 g/mol. The Morgan fingerprint density at radius 3 is 3.18 bits per heavy atom. The maximum absolute atomic E-state index is 12.1. The topological polar surface area (TPSA) is 68.5 Å². The second kappa shape index (κ2) is 5.14. The van der Waals surface area contributed by atoms with Gasteiger partial charge in [-0.2, -0.15) is 0 Å². The molecular formula is C12H17N3O2. The van der Waals surface area contributed by atoms with Crippen LogP contribution >= 0.6 is 0 Å². The lowest BCUT2D eigenvalue weighted by Crippen LogP contribution is -2.30. The first-order valence-electron chi connectivity index (χ1n) is 5.71. The number of anilines is 1. The number of hydrogen-bond acceptors (Lipinski definition) is 4. The Kier molecular flexibility index (Phi) is 3.58. The van der Waals surface area contributed by atoms with Crippen molar-refractivity contribution in [1.29, 1.82) is 0 Å². The third-order valence-electron chi connectivity index (χ3n) is 2.97. The number of hydrogen-bond donors (Lipinski definition) is 1. The Morgan fingerprint density at radius 2 is 2.47 bits per heavy atom. The van der Waals surface area contributed by atoms with Crippen molar-refractivity contribution < 1.29 is 9.53 Å². The highest BCUT2D eigenvalue weighted by atomic mass is 16.5. The molecule has 0 radical (unpaired) electrons. The summed E-state index contributed by atoms with van der Waals surface area (Å²) in [5.74, 6) is 0.768. The van der Waals surface area contributed by atoms with Crippen LogP contribution in [0.1, 0.15) is 16.9 Å². The van der Waals surface area contributed by atoms with Crippen LogP contribution in [0.25, 0.3) is 0 Å². The van der Waals surface area contributed by atoms with Crippen molar-refractivity contribution in [2.45, 2.75) is 6.42 Å². The van der Waals surface area contributed by atoms with Gasteiger partial charge in [-0.3, -0.25) is 4.79 Å². The van der Waals surface area contributed by atoms with E-state index in [9.17, 15) is 4.79 Å². The summed E-state index contributed by atoms with van der Waals surface area (Å²) in [4.78, 5) is 18.0. The first-order chi connectivity index (χ1) is 8.20. The van der Waals surface area contributed by atoms with Crippen molar-refractivity contribution in [1.82, 2.24) is 9.88 Å². The monoisotopic (exact) mass is 235 g/mol. The van der Waals surface area contributed by atoms with Gasteiger partial charge in [0.25, 0.3) is 5.91 Å². The molecule has 0 aliphatic carbocycles. The molecule has 0 aromatic carbocycles. The van der Waals surface area contributed by atoms with Gasteiger partial charge >= 0.3 is 0 Å². The van der Waals surface area contributed by atoms with Gasteiger partial charge in [0.15, 0.2) is 0 Å².